The fraction of sp³-hybridized carbons (Fsp3) is 0.435. The van der Waals surface area contributed by atoms with Gasteiger partial charge in [0.2, 0.25) is 22.9 Å². The molecule has 2 fully saturated rings. The first-order valence-electron chi connectivity index (χ1n) is 10.9. The van der Waals surface area contributed by atoms with Gasteiger partial charge in [0.25, 0.3) is 0 Å². The predicted octanol–water partition coefficient (Wildman–Crippen LogP) is 4.02. The second kappa shape index (κ2) is 8.41. The Labute approximate surface area is 194 Å². The van der Waals surface area contributed by atoms with Crippen molar-refractivity contribution in [3.05, 3.63) is 52.0 Å². The summed E-state index contributed by atoms with van der Waals surface area (Å²) in [7, 11) is 0. The van der Waals surface area contributed by atoms with Gasteiger partial charge < -0.3 is 5.32 Å². The number of anilines is 1. The van der Waals surface area contributed by atoms with Gasteiger partial charge in [0, 0.05) is 11.4 Å². The number of aryl methyl sites for hydroxylation is 1. The number of imide groups is 1. The van der Waals surface area contributed by atoms with Crippen LogP contribution in [0.5, 0.6) is 0 Å². The van der Waals surface area contributed by atoms with E-state index in [0.717, 1.165) is 24.3 Å². The highest BCUT2D eigenvalue weighted by molar-refractivity contribution is 7.15. The largest absolute Gasteiger partial charge is 0.300 e. The summed E-state index contributed by atoms with van der Waals surface area (Å²) in [6.45, 7) is 2.05. The summed E-state index contributed by atoms with van der Waals surface area (Å²) in [5.74, 6) is -1.19. The lowest BCUT2D eigenvalue weighted by atomic mass is 9.85. The molecular formula is C23H23ClN4O3S. The minimum absolute atomic E-state index is 0.0912. The second-order valence-corrected chi connectivity index (χ2v) is 10.1. The van der Waals surface area contributed by atoms with Crippen LogP contribution >= 0.6 is 22.9 Å². The smallest absolute Gasteiger partial charge is 0.234 e. The fourth-order valence-electron chi connectivity index (χ4n) is 5.28. The fourth-order valence-corrected chi connectivity index (χ4v) is 6.40. The van der Waals surface area contributed by atoms with E-state index in [1.54, 1.807) is 24.3 Å². The van der Waals surface area contributed by atoms with Gasteiger partial charge in [-0.1, -0.05) is 60.2 Å². The first kappa shape index (κ1) is 21.3. The summed E-state index contributed by atoms with van der Waals surface area (Å²) in [6.07, 6.45) is 6.62. The van der Waals surface area contributed by atoms with Gasteiger partial charge in [-0.2, -0.15) is 0 Å². The lowest BCUT2D eigenvalue weighted by Crippen LogP contribution is -2.38. The molecule has 1 aromatic heterocycles. The zero-order valence-corrected chi connectivity index (χ0v) is 19.1. The van der Waals surface area contributed by atoms with Gasteiger partial charge in [-0.05, 0) is 36.3 Å². The normalized spacial score (nSPS) is 26.6. The number of hydrogen-bond donors (Lipinski definition) is 1. The van der Waals surface area contributed by atoms with Gasteiger partial charge >= 0.3 is 0 Å². The summed E-state index contributed by atoms with van der Waals surface area (Å²) < 4.78 is 0. The van der Waals surface area contributed by atoms with Gasteiger partial charge in [-0.15, -0.1) is 10.2 Å². The molecule has 3 aliphatic rings. The van der Waals surface area contributed by atoms with Crippen LogP contribution in [0.25, 0.3) is 0 Å². The Kier molecular flexibility index (Phi) is 5.59. The lowest BCUT2D eigenvalue weighted by Gasteiger charge is -2.28. The predicted molar refractivity (Wildman–Crippen MR) is 121 cm³/mol. The van der Waals surface area contributed by atoms with Crippen molar-refractivity contribution in [2.24, 2.45) is 23.7 Å². The van der Waals surface area contributed by atoms with Crippen molar-refractivity contribution >= 4 is 45.8 Å². The highest BCUT2D eigenvalue weighted by Gasteiger charge is 2.60. The van der Waals surface area contributed by atoms with E-state index in [2.05, 4.69) is 34.6 Å². The molecule has 166 valence electrons. The molecule has 9 heteroatoms. The topological polar surface area (TPSA) is 92.3 Å². The Balaban J connectivity index is 1.42. The first-order valence-corrected chi connectivity index (χ1v) is 12.1. The van der Waals surface area contributed by atoms with Crippen molar-refractivity contribution in [1.82, 2.24) is 15.1 Å². The van der Waals surface area contributed by atoms with Gasteiger partial charge in [0.1, 0.15) is 5.01 Å². The van der Waals surface area contributed by atoms with E-state index in [1.807, 2.05) is 0 Å². The maximum Gasteiger partial charge on any atom is 0.234 e. The number of aromatic nitrogens is 2. The molecule has 0 radical (unpaired) electrons. The number of carbonyl (C=O) groups excluding carboxylic acids is 3. The number of fused-ring (bicyclic) bond motifs is 5. The maximum atomic E-state index is 13.4. The first-order chi connectivity index (χ1) is 15.5. The molecule has 5 atom stereocenters. The van der Waals surface area contributed by atoms with E-state index < -0.39 is 6.04 Å². The van der Waals surface area contributed by atoms with Crippen LogP contribution in [0, 0.1) is 23.7 Å². The molecule has 1 aliphatic heterocycles. The molecule has 32 heavy (non-hydrogen) atoms. The van der Waals surface area contributed by atoms with Crippen molar-refractivity contribution in [2.75, 3.05) is 5.32 Å². The third kappa shape index (κ3) is 3.55. The van der Waals surface area contributed by atoms with Crippen LogP contribution in [0.15, 0.2) is 36.4 Å². The Morgan fingerprint density at radius 3 is 2.53 bits per heavy atom. The summed E-state index contributed by atoms with van der Waals surface area (Å²) in [5, 5.41) is 12.6. The van der Waals surface area contributed by atoms with Crippen molar-refractivity contribution in [3.63, 3.8) is 0 Å². The van der Waals surface area contributed by atoms with Crippen LogP contribution in [0.1, 0.15) is 42.8 Å². The minimum atomic E-state index is -0.767. The van der Waals surface area contributed by atoms with E-state index in [4.69, 9.17) is 11.6 Å². The van der Waals surface area contributed by atoms with Crippen LogP contribution < -0.4 is 5.32 Å². The molecule has 1 aromatic carbocycles. The molecule has 2 heterocycles. The molecule has 2 bridgehead atoms. The van der Waals surface area contributed by atoms with E-state index >= 15 is 0 Å². The van der Waals surface area contributed by atoms with Crippen molar-refractivity contribution in [1.29, 1.82) is 0 Å². The molecule has 2 aromatic rings. The number of halogens is 1. The zero-order chi connectivity index (χ0) is 22.4. The van der Waals surface area contributed by atoms with Crippen molar-refractivity contribution in [3.8, 4) is 0 Å². The number of amides is 3. The molecular weight excluding hydrogens is 448 g/mol. The number of nitrogens with one attached hydrogen (secondary N) is 1. The molecule has 5 unspecified atom stereocenters. The summed E-state index contributed by atoms with van der Waals surface area (Å²) in [5.41, 5.74) is 0.593. The quantitative estimate of drug-likeness (QED) is 0.487. The SMILES string of the molecule is CCCc1nnc(NC(=O)CC(c2ccccc2Cl)N2C(=O)C3C4C=CC(C4)C3C2=O)s1. The Hall–Kier alpha value is -2.58. The maximum absolute atomic E-state index is 13.4. The Bertz CT molecular complexity index is 1090. The molecule has 1 saturated carbocycles. The Morgan fingerprint density at radius 2 is 1.88 bits per heavy atom. The highest BCUT2D eigenvalue weighted by Crippen LogP contribution is 2.54. The molecule has 7 nitrogen and oxygen atoms in total. The Morgan fingerprint density at radius 1 is 1.19 bits per heavy atom. The van der Waals surface area contributed by atoms with E-state index in [1.165, 1.54) is 16.2 Å². The van der Waals surface area contributed by atoms with E-state index in [9.17, 15) is 14.4 Å². The molecule has 2 aliphatic carbocycles. The zero-order valence-electron chi connectivity index (χ0n) is 17.5. The number of carbonyl (C=O) groups is 3. The number of benzene rings is 1. The van der Waals surface area contributed by atoms with E-state index in [0.29, 0.717) is 15.7 Å². The van der Waals surface area contributed by atoms with Crippen LogP contribution in [0.4, 0.5) is 5.13 Å². The third-order valence-electron chi connectivity index (χ3n) is 6.64. The molecule has 1 N–H and O–H groups in total. The molecule has 0 spiro atoms. The van der Waals surface area contributed by atoms with E-state index in [-0.39, 0.29) is 47.8 Å². The minimum Gasteiger partial charge on any atom is -0.300 e. The number of rotatable bonds is 7. The average Bonchev–Trinajstić information content (AvgIpc) is 3.53. The van der Waals surface area contributed by atoms with Crippen LogP contribution in [0.2, 0.25) is 5.02 Å². The molecule has 1 saturated heterocycles. The molecule has 3 amide bonds. The van der Waals surface area contributed by atoms with Crippen molar-refractivity contribution in [2.45, 2.75) is 38.6 Å². The summed E-state index contributed by atoms with van der Waals surface area (Å²) >= 11 is 7.78. The number of likely N-dealkylation sites (tertiary alicyclic amines) is 1. The van der Waals surface area contributed by atoms with Crippen molar-refractivity contribution < 1.29 is 14.4 Å². The number of nitrogens with zero attached hydrogens (tertiary/aromatic N) is 3. The third-order valence-corrected chi connectivity index (χ3v) is 7.88. The lowest BCUT2D eigenvalue weighted by molar-refractivity contribution is -0.144. The monoisotopic (exact) mass is 470 g/mol. The van der Waals surface area contributed by atoms with Gasteiger partial charge in [0.05, 0.1) is 24.3 Å². The average molecular weight is 471 g/mol. The van der Waals surface area contributed by atoms with Crippen LogP contribution in [0.3, 0.4) is 0 Å². The van der Waals surface area contributed by atoms with Crippen LogP contribution in [-0.4, -0.2) is 32.8 Å². The number of hydrogen-bond acceptors (Lipinski definition) is 6. The van der Waals surface area contributed by atoms with Gasteiger partial charge in [-0.25, -0.2) is 0 Å². The second-order valence-electron chi connectivity index (χ2n) is 8.59. The highest BCUT2D eigenvalue weighted by atomic mass is 35.5. The van der Waals surface area contributed by atoms with Crippen LogP contribution in [-0.2, 0) is 20.8 Å². The van der Waals surface area contributed by atoms with Gasteiger partial charge in [-0.3, -0.25) is 19.3 Å². The van der Waals surface area contributed by atoms with Gasteiger partial charge in [0.15, 0.2) is 0 Å². The number of allylic oxidation sites excluding steroid dienone is 2. The standard InChI is InChI=1S/C23H23ClN4O3S/c1-2-5-18-26-27-23(32-18)25-17(29)11-16(14-6-3-4-7-15(14)24)28-21(30)19-12-8-9-13(10-12)20(19)22(28)31/h3-4,6-9,12-13,16,19-20H,2,5,10-11H2,1H3,(H,25,27,29). The summed E-state index contributed by atoms with van der Waals surface area (Å²) in [6, 6.07) is 6.29. The summed E-state index contributed by atoms with van der Waals surface area (Å²) in [4.78, 5) is 41.1. The molecule has 5 rings (SSSR count).